The number of nitrogen functional groups attached to an aromatic ring is 1. The van der Waals surface area contributed by atoms with Gasteiger partial charge >= 0.3 is 0 Å². The van der Waals surface area contributed by atoms with Crippen LogP contribution in [0.15, 0.2) is 0 Å². The van der Waals surface area contributed by atoms with Gasteiger partial charge in [-0.2, -0.15) is 5.26 Å². The highest BCUT2D eigenvalue weighted by Crippen LogP contribution is 2.36. The van der Waals surface area contributed by atoms with Crippen LogP contribution in [0.2, 0.25) is 0 Å². The Kier molecular flexibility index (Phi) is 3.17. The zero-order valence-electron chi connectivity index (χ0n) is 9.79. The highest BCUT2D eigenvalue weighted by Gasteiger charge is 2.27. The number of nitriles is 1. The van der Waals surface area contributed by atoms with E-state index in [2.05, 4.69) is 24.9 Å². The fourth-order valence-corrected chi connectivity index (χ4v) is 3.49. The van der Waals surface area contributed by atoms with Gasteiger partial charge in [-0.1, -0.05) is 13.3 Å². The first-order valence-corrected chi connectivity index (χ1v) is 6.49. The van der Waals surface area contributed by atoms with Crippen molar-refractivity contribution in [1.82, 2.24) is 4.90 Å². The van der Waals surface area contributed by atoms with Gasteiger partial charge in [0.25, 0.3) is 0 Å². The second-order valence-electron chi connectivity index (χ2n) is 4.42. The molecule has 1 aromatic rings. The number of likely N-dealkylation sites (N-methyl/N-ethyl adjacent to an activating group) is 1. The summed E-state index contributed by atoms with van der Waals surface area (Å²) in [6.45, 7) is 3.09. The minimum atomic E-state index is 0.613. The molecule has 0 saturated heterocycles. The van der Waals surface area contributed by atoms with Crippen molar-refractivity contribution < 1.29 is 0 Å². The number of nitrogens with two attached hydrogens (primary N) is 1. The van der Waals surface area contributed by atoms with Gasteiger partial charge in [0.1, 0.15) is 11.1 Å². The van der Waals surface area contributed by atoms with Crippen LogP contribution in [0.25, 0.3) is 0 Å². The average molecular weight is 235 g/mol. The predicted octanol–water partition coefficient (Wildman–Crippen LogP) is 2.36. The van der Waals surface area contributed by atoms with Gasteiger partial charge in [-0.3, -0.25) is 4.90 Å². The second kappa shape index (κ2) is 4.44. The third-order valence-corrected chi connectivity index (χ3v) is 4.39. The van der Waals surface area contributed by atoms with E-state index in [-0.39, 0.29) is 0 Å². The number of rotatable bonds is 2. The van der Waals surface area contributed by atoms with Crippen molar-refractivity contribution in [3.8, 4) is 6.07 Å². The van der Waals surface area contributed by atoms with E-state index in [4.69, 9.17) is 11.0 Å². The van der Waals surface area contributed by atoms with Crippen LogP contribution in [0.1, 0.15) is 35.8 Å². The minimum absolute atomic E-state index is 0.613. The lowest BCUT2D eigenvalue weighted by Crippen LogP contribution is -2.36. The lowest BCUT2D eigenvalue weighted by Gasteiger charge is -2.32. The highest BCUT2D eigenvalue weighted by molar-refractivity contribution is 7.16. The Balaban J connectivity index is 2.32. The molecular weight excluding hydrogens is 218 g/mol. The van der Waals surface area contributed by atoms with Gasteiger partial charge in [0.15, 0.2) is 0 Å². The molecule has 0 saturated carbocycles. The summed E-state index contributed by atoms with van der Waals surface area (Å²) in [5.41, 5.74) is 7.75. The fourth-order valence-electron chi connectivity index (χ4n) is 2.39. The van der Waals surface area contributed by atoms with E-state index in [9.17, 15) is 0 Å². The molecule has 2 N–H and O–H groups in total. The van der Waals surface area contributed by atoms with Gasteiger partial charge in [-0.25, -0.2) is 0 Å². The van der Waals surface area contributed by atoms with Crippen molar-refractivity contribution in [2.24, 2.45) is 0 Å². The number of fused-ring (bicyclic) bond motifs is 1. The molecule has 1 aliphatic heterocycles. The van der Waals surface area contributed by atoms with Crippen LogP contribution in [0.5, 0.6) is 0 Å². The molecule has 0 spiro atoms. The maximum Gasteiger partial charge on any atom is 0.104 e. The summed E-state index contributed by atoms with van der Waals surface area (Å²) in [5, 5.41) is 9.77. The molecule has 0 amide bonds. The van der Waals surface area contributed by atoms with Crippen LogP contribution < -0.4 is 5.73 Å². The quantitative estimate of drug-likeness (QED) is 0.856. The summed E-state index contributed by atoms with van der Waals surface area (Å²) in [6.07, 6.45) is 3.47. The minimum Gasteiger partial charge on any atom is -0.389 e. The van der Waals surface area contributed by atoms with E-state index in [0.29, 0.717) is 16.6 Å². The second-order valence-corrected chi connectivity index (χ2v) is 5.55. The van der Waals surface area contributed by atoms with Crippen molar-refractivity contribution in [1.29, 1.82) is 5.26 Å². The van der Waals surface area contributed by atoms with Gasteiger partial charge in [0.2, 0.25) is 0 Å². The van der Waals surface area contributed by atoms with E-state index < -0.39 is 0 Å². The van der Waals surface area contributed by atoms with Crippen LogP contribution in [-0.2, 0) is 13.0 Å². The lowest BCUT2D eigenvalue weighted by atomic mass is 9.97. The van der Waals surface area contributed by atoms with E-state index in [1.54, 1.807) is 11.3 Å². The molecule has 0 radical (unpaired) electrons. The molecule has 1 unspecified atom stereocenters. The van der Waals surface area contributed by atoms with Gasteiger partial charge in [0.05, 0.1) is 5.56 Å². The fraction of sp³-hybridized carbons (Fsp3) is 0.583. The third-order valence-electron chi connectivity index (χ3n) is 3.30. The molecule has 86 valence electrons. The summed E-state index contributed by atoms with van der Waals surface area (Å²) >= 11 is 1.60. The monoisotopic (exact) mass is 235 g/mol. The number of nitrogens with zero attached hydrogens (tertiary/aromatic N) is 2. The van der Waals surface area contributed by atoms with Crippen LogP contribution >= 0.6 is 11.3 Å². The predicted molar refractivity (Wildman–Crippen MR) is 67.3 cm³/mol. The zero-order valence-corrected chi connectivity index (χ0v) is 10.6. The molecule has 2 heterocycles. The summed E-state index contributed by atoms with van der Waals surface area (Å²) in [6, 6.07) is 2.84. The molecule has 0 aliphatic carbocycles. The topological polar surface area (TPSA) is 53.1 Å². The normalized spacial score (nSPS) is 20.4. The zero-order chi connectivity index (χ0) is 11.7. The van der Waals surface area contributed by atoms with Gasteiger partial charge in [0, 0.05) is 23.0 Å². The first-order chi connectivity index (χ1) is 7.67. The number of anilines is 1. The molecular formula is C12H17N3S. The molecule has 3 nitrogen and oxygen atoms in total. The third kappa shape index (κ3) is 1.81. The number of thiophene rings is 1. The molecule has 16 heavy (non-hydrogen) atoms. The van der Waals surface area contributed by atoms with Gasteiger partial charge < -0.3 is 5.73 Å². The summed E-state index contributed by atoms with van der Waals surface area (Å²) in [5.74, 6) is 0. The Morgan fingerprint density at radius 1 is 1.62 bits per heavy atom. The average Bonchev–Trinajstić information content (AvgIpc) is 2.54. The first-order valence-electron chi connectivity index (χ1n) is 5.67. The van der Waals surface area contributed by atoms with E-state index in [1.807, 2.05) is 0 Å². The van der Waals surface area contributed by atoms with E-state index in [1.165, 1.54) is 23.3 Å². The Morgan fingerprint density at radius 3 is 3.00 bits per heavy atom. The number of hydrogen-bond donors (Lipinski definition) is 1. The molecule has 1 atom stereocenters. The molecule has 0 bridgehead atoms. The Bertz CT molecular complexity index is 430. The molecule has 4 heteroatoms. The van der Waals surface area contributed by atoms with Crippen LogP contribution in [-0.4, -0.2) is 18.0 Å². The van der Waals surface area contributed by atoms with Crippen molar-refractivity contribution in [2.75, 3.05) is 12.8 Å². The van der Waals surface area contributed by atoms with Crippen LogP contribution in [0.3, 0.4) is 0 Å². The number of hydrogen-bond acceptors (Lipinski definition) is 4. The summed E-state index contributed by atoms with van der Waals surface area (Å²) in [7, 11) is 2.14. The summed E-state index contributed by atoms with van der Waals surface area (Å²) < 4.78 is 0. The van der Waals surface area contributed by atoms with Crippen LogP contribution in [0.4, 0.5) is 5.00 Å². The van der Waals surface area contributed by atoms with Crippen molar-refractivity contribution in [2.45, 2.75) is 38.8 Å². The molecule has 0 fully saturated rings. The largest absolute Gasteiger partial charge is 0.389 e. The molecule has 0 aromatic carbocycles. The first kappa shape index (κ1) is 11.4. The Labute approximate surface area is 100 Å². The van der Waals surface area contributed by atoms with E-state index >= 15 is 0 Å². The van der Waals surface area contributed by atoms with Crippen LogP contribution in [0, 0.1) is 11.3 Å². The SMILES string of the molecule is CCCC1Cc2sc(N)c(C#N)c2CN1C. The lowest BCUT2D eigenvalue weighted by molar-refractivity contribution is 0.205. The summed E-state index contributed by atoms with van der Waals surface area (Å²) in [4.78, 5) is 3.67. The highest BCUT2D eigenvalue weighted by atomic mass is 32.1. The van der Waals surface area contributed by atoms with Crippen molar-refractivity contribution >= 4 is 16.3 Å². The van der Waals surface area contributed by atoms with Gasteiger partial charge in [-0.15, -0.1) is 11.3 Å². The maximum absolute atomic E-state index is 9.08. The Hall–Kier alpha value is -1.05. The van der Waals surface area contributed by atoms with E-state index in [0.717, 1.165) is 13.0 Å². The molecule has 2 rings (SSSR count). The standard InChI is InChI=1S/C12H17N3S/c1-3-4-8-5-11-10(7-15(8)2)9(6-13)12(14)16-11/h8H,3-5,7,14H2,1-2H3. The van der Waals surface area contributed by atoms with Crippen molar-refractivity contribution in [3.63, 3.8) is 0 Å². The van der Waals surface area contributed by atoms with Gasteiger partial charge in [-0.05, 0) is 19.9 Å². The maximum atomic E-state index is 9.08. The Morgan fingerprint density at radius 2 is 2.38 bits per heavy atom. The molecule has 1 aromatic heterocycles. The van der Waals surface area contributed by atoms with Crippen molar-refractivity contribution in [3.05, 3.63) is 16.0 Å². The smallest absolute Gasteiger partial charge is 0.104 e. The molecule has 1 aliphatic rings.